The highest BCUT2D eigenvalue weighted by atomic mass is 32.2. The summed E-state index contributed by atoms with van der Waals surface area (Å²) < 4.78 is 101. The van der Waals surface area contributed by atoms with Gasteiger partial charge in [-0.25, -0.2) is 5.14 Å². The van der Waals surface area contributed by atoms with E-state index in [1.165, 1.54) is 0 Å². The third kappa shape index (κ3) is 3.02. The Morgan fingerprint density at radius 1 is 1.27 bits per heavy atom. The van der Waals surface area contributed by atoms with E-state index < -0.39 is 66.3 Å². The molecule has 4 atom stereocenters. The van der Waals surface area contributed by atoms with E-state index in [1.807, 2.05) is 0 Å². The van der Waals surface area contributed by atoms with E-state index in [-0.39, 0.29) is 6.61 Å². The molecule has 128 valence electrons. The lowest BCUT2D eigenvalue weighted by Gasteiger charge is -2.40. The molecule has 22 heavy (non-hydrogen) atoms. The summed E-state index contributed by atoms with van der Waals surface area (Å²) in [5, 5.41) is 4.84. The normalized spacial score (nSPS) is 48.0. The van der Waals surface area contributed by atoms with Gasteiger partial charge in [-0.05, 0) is 27.6 Å². The van der Waals surface area contributed by atoms with Crippen LogP contribution in [0.15, 0.2) is 0 Å². The molecule has 10 heteroatoms. The van der Waals surface area contributed by atoms with Gasteiger partial charge in [0.05, 0.1) is 6.61 Å². The lowest BCUT2D eigenvalue weighted by Crippen LogP contribution is -2.60. The largest absolute Gasteiger partial charge is 0.343 e. The van der Waals surface area contributed by atoms with Gasteiger partial charge in [0.15, 0.2) is 11.6 Å². The monoisotopic (exact) mass is 345 g/mol. The van der Waals surface area contributed by atoms with Crippen LogP contribution in [0.25, 0.3) is 0 Å². The topological polar surface area (TPSA) is 116 Å². The first-order chi connectivity index (χ1) is 12.4. The molecule has 0 aliphatic carbocycles. The van der Waals surface area contributed by atoms with Crippen molar-refractivity contribution in [3.8, 4) is 0 Å². The SMILES string of the molecule is [2H]C([2H])([2H])C1(C([2H])([2H])[2H])O[C@H]2[C@@H]3OC(C)(C)O[C@@H]3CO[C@@]2(COS(N)(=O)=O)O1. The molecule has 3 rings (SSSR count). The second-order valence-corrected chi connectivity index (χ2v) is 6.99. The molecule has 0 bridgehead atoms. The second kappa shape index (κ2) is 4.84. The van der Waals surface area contributed by atoms with Crippen molar-refractivity contribution in [2.45, 2.75) is 63.2 Å². The smallest absolute Gasteiger partial charge is 0.333 e. The van der Waals surface area contributed by atoms with Gasteiger partial charge in [-0.15, -0.1) is 0 Å². The average molecular weight is 345 g/mol. The van der Waals surface area contributed by atoms with Crippen molar-refractivity contribution >= 4 is 10.3 Å². The maximum absolute atomic E-state index is 11.3. The van der Waals surface area contributed by atoms with Crippen molar-refractivity contribution < 1.29 is 44.5 Å². The van der Waals surface area contributed by atoms with Gasteiger partial charge in [0.25, 0.3) is 0 Å². The zero-order valence-electron chi connectivity index (χ0n) is 17.9. The van der Waals surface area contributed by atoms with E-state index in [2.05, 4.69) is 4.18 Å². The van der Waals surface area contributed by atoms with Gasteiger partial charge in [-0.3, -0.25) is 4.18 Å². The number of rotatable bonds is 3. The molecular formula is C12H21NO8S. The third-order valence-corrected chi connectivity index (χ3v) is 3.93. The van der Waals surface area contributed by atoms with Crippen LogP contribution in [0.5, 0.6) is 0 Å². The molecular weight excluding hydrogens is 318 g/mol. The van der Waals surface area contributed by atoms with Crippen LogP contribution < -0.4 is 5.14 Å². The van der Waals surface area contributed by atoms with E-state index >= 15 is 0 Å². The Labute approximate surface area is 137 Å². The average Bonchev–Trinajstić information content (AvgIpc) is 2.98. The fourth-order valence-corrected chi connectivity index (χ4v) is 3.14. The van der Waals surface area contributed by atoms with Crippen LogP contribution in [-0.4, -0.2) is 57.3 Å². The Bertz CT molecular complexity index is 725. The van der Waals surface area contributed by atoms with E-state index in [0.29, 0.717) is 0 Å². The molecule has 0 aromatic heterocycles. The fraction of sp³-hybridized carbons (Fsp3) is 1.00. The zero-order valence-corrected chi connectivity index (χ0v) is 12.7. The van der Waals surface area contributed by atoms with E-state index in [9.17, 15) is 8.42 Å². The molecule has 3 aliphatic rings. The van der Waals surface area contributed by atoms with Crippen molar-refractivity contribution in [1.29, 1.82) is 0 Å². The minimum absolute atomic E-state index is 0.222. The Morgan fingerprint density at radius 3 is 2.64 bits per heavy atom. The number of fused-ring (bicyclic) bond motifs is 3. The van der Waals surface area contributed by atoms with Crippen molar-refractivity contribution in [2.24, 2.45) is 5.14 Å². The summed E-state index contributed by atoms with van der Waals surface area (Å²) in [7, 11) is -4.49. The predicted molar refractivity (Wildman–Crippen MR) is 71.6 cm³/mol. The van der Waals surface area contributed by atoms with E-state index in [4.69, 9.17) is 37.0 Å². The summed E-state index contributed by atoms with van der Waals surface area (Å²) in [5.74, 6) is -6.44. The van der Waals surface area contributed by atoms with Gasteiger partial charge >= 0.3 is 10.3 Å². The Kier molecular flexibility index (Phi) is 2.31. The van der Waals surface area contributed by atoms with Crippen LogP contribution in [0.1, 0.15) is 35.8 Å². The predicted octanol–water partition coefficient (Wildman–Crippen LogP) is -0.395. The molecule has 3 heterocycles. The first-order valence-electron chi connectivity index (χ1n) is 9.46. The summed E-state index contributed by atoms with van der Waals surface area (Å²) in [6.45, 7) is -4.58. The van der Waals surface area contributed by atoms with Gasteiger partial charge in [0, 0.05) is 8.22 Å². The summed E-state index contributed by atoms with van der Waals surface area (Å²) >= 11 is 0. The minimum Gasteiger partial charge on any atom is -0.343 e. The standard InChI is InChI=1S/C12H21NO8S/c1-10(2)18-7-5-16-12(6-17-22(13,14)15)9(8(7)19-10)20-11(3,4)21-12/h7-9H,5-6H2,1-4H3,(H2,13,14,15)/t7-,8-,9+,12+/m1/s1/i3D3,4D3. The Balaban J connectivity index is 2.06. The van der Waals surface area contributed by atoms with Crippen molar-refractivity contribution in [1.82, 2.24) is 0 Å². The third-order valence-electron chi connectivity index (χ3n) is 3.48. The zero-order chi connectivity index (χ0) is 21.4. The molecule has 0 radical (unpaired) electrons. The van der Waals surface area contributed by atoms with Crippen molar-refractivity contribution in [3.63, 3.8) is 0 Å². The molecule has 0 aromatic carbocycles. The number of nitrogens with two attached hydrogens (primary N) is 1. The molecule has 3 fully saturated rings. The van der Waals surface area contributed by atoms with Crippen LogP contribution >= 0.6 is 0 Å². The maximum Gasteiger partial charge on any atom is 0.333 e. The molecule has 2 N–H and O–H groups in total. The molecule has 9 nitrogen and oxygen atoms in total. The van der Waals surface area contributed by atoms with Crippen LogP contribution in [0.2, 0.25) is 0 Å². The highest BCUT2D eigenvalue weighted by Crippen LogP contribution is 2.47. The molecule has 0 amide bonds. The number of hydrogen-bond donors (Lipinski definition) is 1. The van der Waals surface area contributed by atoms with Gasteiger partial charge in [0.1, 0.15) is 24.9 Å². The first-order valence-corrected chi connectivity index (χ1v) is 7.93. The van der Waals surface area contributed by atoms with Crippen LogP contribution in [0, 0.1) is 0 Å². The van der Waals surface area contributed by atoms with E-state index in [0.717, 1.165) is 0 Å². The molecule has 0 saturated carbocycles. The first kappa shape index (κ1) is 10.5. The van der Waals surface area contributed by atoms with Gasteiger partial charge in [0.2, 0.25) is 5.79 Å². The van der Waals surface area contributed by atoms with Gasteiger partial charge in [-0.1, -0.05) is 0 Å². The summed E-state index contributed by atoms with van der Waals surface area (Å²) in [5.41, 5.74) is 0. The summed E-state index contributed by atoms with van der Waals surface area (Å²) in [6.07, 6.45) is -3.25. The number of hydrogen-bond acceptors (Lipinski definition) is 8. The van der Waals surface area contributed by atoms with Gasteiger partial charge < -0.3 is 23.7 Å². The molecule has 3 aliphatic heterocycles. The van der Waals surface area contributed by atoms with Gasteiger partial charge in [-0.2, -0.15) is 8.42 Å². The fourth-order valence-electron chi connectivity index (χ4n) is 2.81. The van der Waals surface area contributed by atoms with Crippen LogP contribution in [-0.2, 0) is 38.2 Å². The van der Waals surface area contributed by atoms with Crippen molar-refractivity contribution in [3.05, 3.63) is 0 Å². The van der Waals surface area contributed by atoms with Crippen LogP contribution in [0.3, 0.4) is 0 Å². The maximum atomic E-state index is 11.3. The Hall–Kier alpha value is -0.330. The van der Waals surface area contributed by atoms with E-state index in [1.54, 1.807) is 13.8 Å². The highest BCUT2D eigenvalue weighted by molar-refractivity contribution is 7.84. The lowest BCUT2D eigenvalue weighted by atomic mass is 9.98. The lowest BCUT2D eigenvalue weighted by molar-refractivity contribution is -0.290. The molecule has 0 unspecified atom stereocenters. The highest BCUT2D eigenvalue weighted by Gasteiger charge is 2.65. The molecule has 0 spiro atoms. The summed E-state index contributed by atoms with van der Waals surface area (Å²) in [6, 6.07) is 0. The van der Waals surface area contributed by atoms with Crippen molar-refractivity contribution in [2.75, 3.05) is 13.2 Å². The summed E-state index contributed by atoms with van der Waals surface area (Å²) in [4.78, 5) is 0. The second-order valence-electron chi connectivity index (χ2n) is 5.77. The minimum atomic E-state index is -4.49. The number of ether oxygens (including phenoxy) is 5. The Morgan fingerprint density at radius 2 is 2.00 bits per heavy atom. The van der Waals surface area contributed by atoms with Crippen LogP contribution in [0.4, 0.5) is 0 Å². The molecule has 3 saturated heterocycles. The quantitative estimate of drug-likeness (QED) is 0.735. The molecule has 0 aromatic rings.